The van der Waals surface area contributed by atoms with Crippen molar-refractivity contribution in [2.45, 2.75) is 20.0 Å². The van der Waals surface area contributed by atoms with E-state index in [9.17, 15) is 4.57 Å². The molecule has 1 N–H and O–H groups in total. The van der Waals surface area contributed by atoms with Gasteiger partial charge in [-0.1, -0.05) is 0 Å². The van der Waals surface area contributed by atoms with Crippen LogP contribution in [-0.4, -0.2) is 35.0 Å². The molecular formula is C4H14AlO3P. The van der Waals surface area contributed by atoms with Crippen LogP contribution in [0.5, 0.6) is 0 Å². The van der Waals surface area contributed by atoms with Crippen LogP contribution in [-0.2, 0) is 9.09 Å². The Hall–Kier alpha value is 0.682. The van der Waals surface area contributed by atoms with Crippen molar-refractivity contribution in [1.82, 2.24) is 0 Å². The first-order valence-corrected chi connectivity index (χ1v) is 4.43. The highest BCUT2D eigenvalue weighted by atomic mass is 31.2. The van der Waals surface area contributed by atoms with E-state index in [-0.39, 0.29) is 23.5 Å². The maximum atomic E-state index is 10.4. The molecule has 0 radical (unpaired) electrons. The molecule has 56 valence electrons. The molecule has 0 aliphatic rings. The third-order valence-corrected chi connectivity index (χ3v) is 1.22. The summed E-state index contributed by atoms with van der Waals surface area (Å²) in [5, 5.41) is 0. The highest BCUT2D eigenvalue weighted by molar-refractivity contribution is 7.51. The van der Waals surface area contributed by atoms with Crippen molar-refractivity contribution in [3.8, 4) is 0 Å². The van der Waals surface area contributed by atoms with Crippen molar-refractivity contribution >= 4 is 25.0 Å². The van der Waals surface area contributed by atoms with Gasteiger partial charge in [-0.15, -0.1) is 0 Å². The van der Waals surface area contributed by atoms with Gasteiger partial charge < -0.3 is 9.42 Å². The minimum Gasteiger partial charge on any atom is -0.324 e. The number of rotatable bonds is 2. The van der Waals surface area contributed by atoms with Crippen LogP contribution in [0, 0.1) is 0 Å². The van der Waals surface area contributed by atoms with E-state index in [0.29, 0.717) is 0 Å². The normalized spacial score (nSPS) is 16.6. The van der Waals surface area contributed by atoms with Gasteiger partial charge in [0.25, 0.3) is 0 Å². The lowest BCUT2D eigenvalue weighted by atomic mass is 10.5. The SMILES string of the molecule is CC(C)OP(C)(=O)O.[AlH3]. The zero-order valence-corrected chi connectivity index (χ0v) is 6.18. The van der Waals surface area contributed by atoms with Crippen molar-refractivity contribution in [3.63, 3.8) is 0 Å². The van der Waals surface area contributed by atoms with E-state index in [1.54, 1.807) is 13.8 Å². The minimum atomic E-state index is -3.22. The molecule has 3 nitrogen and oxygen atoms in total. The zero-order valence-electron chi connectivity index (χ0n) is 5.29. The Bertz CT molecular complexity index is 108. The molecule has 0 saturated heterocycles. The standard InChI is InChI=1S/C4H11O3P.Al.3H/c1-4(2)7-8(3,5)6;;;;/h4H,1-3H3,(H,5,6);;;;. The Balaban J connectivity index is 0. The van der Waals surface area contributed by atoms with Crippen molar-refractivity contribution < 1.29 is 14.0 Å². The second-order valence-electron chi connectivity index (χ2n) is 1.96. The predicted molar refractivity (Wildman–Crippen MR) is 41.9 cm³/mol. The summed E-state index contributed by atoms with van der Waals surface area (Å²) < 4.78 is 14.9. The highest BCUT2D eigenvalue weighted by Gasteiger charge is 2.10. The van der Waals surface area contributed by atoms with Crippen LogP contribution >= 0.6 is 7.60 Å². The van der Waals surface area contributed by atoms with E-state index >= 15 is 0 Å². The Kier molecular flexibility index (Phi) is 6.17. The molecule has 0 aromatic carbocycles. The molecule has 0 aliphatic carbocycles. The largest absolute Gasteiger partial charge is 0.325 e. The number of hydrogen-bond acceptors (Lipinski definition) is 2. The highest BCUT2D eigenvalue weighted by Crippen LogP contribution is 2.37. The molecule has 0 rings (SSSR count). The molecule has 0 aromatic heterocycles. The summed E-state index contributed by atoms with van der Waals surface area (Å²) in [5.74, 6) is 0. The summed E-state index contributed by atoms with van der Waals surface area (Å²) in [4.78, 5) is 8.52. The molecule has 0 amide bonds. The average molecular weight is 168 g/mol. The molecule has 0 spiro atoms. The van der Waals surface area contributed by atoms with Gasteiger partial charge in [0.1, 0.15) is 0 Å². The lowest BCUT2D eigenvalue weighted by Gasteiger charge is -2.08. The maximum Gasteiger partial charge on any atom is 0.325 e. The van der Waals surface area contributed by atoms with E-state index in [1.165, 1.54) is 6.66 Å². The summed E-state index contributed by atoms with van der Waals surface area (Å²) in [6.45, 7) is 4.60. The molecule has 0 bridgehead atoms. The van der Waals surface area contributed by atoms with E-state index in [2.05, 4.69) is 4.52 Å². The van der Waals surface area contributed by atoms with Gasteiger partial charge >= 0.3 is 7.60 Å². The molecule has 0 saturated carbocycles. The quantitative estimate of drug-likeness (QED) is 0.467. The Morgan fingerprint density at radius 3 is 1.89 bits per heavy atom. The van der Waals surface area contributed by atoms with Gasteiger partial charge in [-0.2, -0.15) is 0 Å². The van der Waals surface area contributed by atoms with E-state index < -0.39 is 7.60 Å². The third-order valence-electron chi connectivity index (χ3n) is 0.406. The smallest absolute Gasteiger partial charge is 0.324 e. The van der Waals surface area contributed by atoms with Gasteiger partial charge in [0.2, 0.25) is 0 Å². The number of hydrogen-bond donors (Lipinski definition) is 1. The molecular weight excluding hydrogens is 154 g/mol. The monoisotopic (exact) mass is 168 g/mol. The van der Waals surface area contributed by atoms with Gasteiger partial charge in [0, 0.05) is 6.66 Å². The molecule has 1 atom stereocenters. The molecule has 0 aliphatic heterocycles. The maximum absolute atomic E-state index is 10.4. The summed E-state index contributed by atoms with van der Waals surface area (Å²) in [6.07, 6.45) is -0.171. The van der Waals surface area contributed by atoms with Gasteiger partial charge in [-0.25, -0.2) is 0 Å². The Labute approximate surface area is 66.1 Å². The fraction of sp³-hybridized carbons (Fsp3) is 1.00. The second-order valence-corrected chi connectivity index (χ2v) is 3.77. The molecule has 9 heavy (non-hydrogen) atoms. The zero-order chi connectivity index (χ0) is 6.78. The van der Waals surface area contributed by atoms with Gasteiger partial charge in [-0.3, -0.25) is 4.57 Å². The topological polar surface area (TPSA) is 46.5 Å². The second kappa shape index (κ2) is 4.49. The molecule has 0 aromatic rings. The van der Waals surface area contributed by atoms with E-state index in [1.807, 2.05) is 0 Å². The van der Waals surface area contributed by atoms with Crippen molar-refractivity contribution in [1.29, 1.82) is 0 Å². The lowest BCUT2D eigenvalue weighted by Crippen LogP contribution is -1.98. The summed E-state index contributed by atoms with van der Waals surface area (Å²) in [5.41, 5.74) is 0. The van der Waals surface area contributed by atoms with Crippen molar-refractivity contribution in [2.75, 3.05) is 6.66 Å². The summed E-state index contributed by atoms with van der Waals surface area (Å²) in [7, 11) is -3.22. The van der Waals surface area contributed by atoms with Crippen LogP contribution < -0.4 is 0 Å². The fourth-order valence-corrected chi connectivity index (χ4v) is 1.17. The van der Waals surface area contributed by atoms with Crippen LogP contribution in [0.3, 0.4) is 0 Å². The summed E-state index contributed by atoms with van der Waals surface area (Å²) >= 11 is 0. The predicted octanol–water partition coefficient (Wildman–Crippen LogP) is 0.0427. The average Bonchev–Trinajstić information content (AvgIpc) is 1.21. The molecule has 5 heteroatoms. The van der Waals surface area contributed by atoms with Crippen molar-refractivity contribution in [2.24, 2.45) is 0 Å². The van der Waals surface area contributed by atoms with Crippen LogP contribution in [0.4, 0.5) is 0 Å². The molecule has 0 heterocycles. The molecule has 0 fully saturated rings. The molecule has 1 unspecified atom stereocenters. The lowest BCUT2D eigenvalue weighted by molar-refractivity contribution is 0.209. The third kappa shape index (κ3) is 12.0. The first kappa shape index (κ1) is 12.4. The van der Waals surface area contributed by atoms with Crippen molar-refractivity contribution in [3.05, 3.63) is 0 Å². The van der Waals surface area contributed by atoms with Gasteiger partial charge in [0.05, 0.1) is 6.10 Å². The van der Waals surface area contributed by atoms with E-state index in [0.717, 1.165) is 0 Å². The van der Waals surface area contributed by atoms with Crippen LogP contribution in [0.2, 0.25) is 0 Å². The van der Waals surface area contributed by atoms with Crippen LogP contribution in [0.1, 0.15) is 13.8 Å². The Morgan fingerprint density at radius 1 is 1.56 bits per heavy atom. The Morgan fingerprint density at radius 2 is 1.89 bits per heavy atom. The van der Waals surface area contributed by atoms with Gasteiger partial charge in [-0.05, 0) is 13.8 Å². The van der Waals surface area contributed by atoms with Gasteiger partial charge in [0.15, 0.2) is 17.4 Å². The fourth-order valence-electron chi connectivity index (χ4n) is 0.391. The van der Waals surface area contributed by atoms with E-state index in [4.69, 9.17) is 4.89 Å². The first-order chi connectivity index (χ1) is 3.42. The van der Waals surface area contributed by atoms with Crippen LogP contribution in [0.15, 0.2) is 0 Å². The summed E-state index contributed by atoms with van der Waals surface area (Å²) in [6, 6.07) is 0. The first-order valence-electron chi connectivity index (χ1n) is 2.40. The van der Waals surface area contributed by atoms with Crippen LogP contribution in [0.25, 0.3) is 0 Å². The minimum absolute atomic E-state index is 0.